The Hall–Kier alpha value is -2.27. The van der Waals surface area contributed by atoms with Gasteiger partial charge in [0, 0.05) is 0 Å². The molecule has 0 aromatic heterocycles. The van der Waals surface area contributed by atoms with E-state index in [0.29, 0.717) is 10.6 Å². The molecule has 0 fully saturated rings. The van der Waals surface area contributed by atoms with Gasteiger partial charge >= 0.3 is 0 Å². The maximum Gasteiger partial charge on any atom is 0.264 e. The second-order valence-electron chi connectivity index (χ2n) is 6.15. The lowest BCUT2D eigenvalue weighted by molar-refractivity contribution is 0.101. The summed E-state index contributed by atoms with van der Waals surface area (Å²) < 4.78 is 33.1. The van der Waals surface area contributed by atoms with Gasteiger partial charge in [0.25, 0.3) is 10.0 Å². The molecule has 0 N–H and O–H groups in total. The fraction of sp³-hybridized carbons (Fsp3) is 0.263. The lowest BCUT2D eigenvalue weighted by Gasteiger charge is -2.33. The molecule has 0 radical (unpaired) electrons. The Morgan fingerprint density at radius 3 is 2.38 bits per heavy atom. The van der Waals surface area contributed by atoms with Crippen molar-refractivity contribution in [3.8, 4) is 0 Å². The summed E-state index contributed by atoms with van der Waals surface area (Å²) in [5, 5.41) is 0. The standard InChI is InChI=1S/C19H21NO3S/c1-14-7-9-18(10-8-14)24(21,22)20-12-19(23-13-16(20)3)17-6-4-5-15(2)11-17/h4-11,13,19H,12H2,1-3H3. The lowest BCUT2D eigenvalue weighted by Crippen LogP contribution is -2.36. The third-order valence-electron chi connectivity index (χ3n) is 4.15. The molecule has 2 aromatic rings. The molecule has 5 heteroatoms. The Bertz CT molecular complexity index is 870. The molecule has 0 spiro atoms. The van der Waals surface area contributed by atoms with Crippen LogP contribution in [0.2, 0.25) is 0 Å². The third-order valence-corrected chi connectivity index (χ3v) is 6.04. The van der Waals surface area contributed by atoms with Gasteiger partial charge in [-0.15, -0.1) is 0 Å². The van der Waals surface area contributed by atoms with E-state index in [4.69, 9.17) is 4.74 Å². The van der Waals surface area contributed by atoms with Gasteiger partial charge < -0.3 is 4.74 Å². The van der Waals surface area contributed by atoms with E-state index < -0.39 is 10.0 Å². The zero-order valence-electron chi connectivity index (χ0n) is 14.1. The topological polar surface area (TPSA) is 46.6 Å². The van der Waals surface area contributed by atoms with Crippen LogP contribution in [0.5, 0.6) is 0 Å². The highest BCUT2D eigenvalue weighted by Crippen LogP contribution is 2.30. The third kappa shape index (κ3) is 3.17. The van der Waals surface area contributed by atoms with E-state index >= 15 is 0 Å². The van der Waals surface area contributed by atoms with Gasteiger partial charge in [-0.1, -0.05) is 47.5 Å². The van der Waals surface area contributed by atoms with E-state index in [0.717, 1.165) is 16.7 Å². The molecule has 1 atom stereocenters. The predicted octanol–water partition coefficient (Wildman–Crippen LogP) is 3.93. The Morgan fingerprint density at radius 2 is 1.71 bits per heavy atom. The number of nitrogens with zero attached hydrogens (tertiary/aromatic N) is 1. The highest BCUT2D eigenvalue weighted by atomic mass is 32.2. The molecule has 0 bridgehead atoms. The number of hydrogen-bond donors (Lipinski definition) is 0. The molecule has 1 aliphatic heterocycles. The Labute approximate surface area is 143 Å². The maximum atomic E-state index is 13.0. The largest absolute Gasteiger partial charge is 0.490 e. The number of sulfonamides is 1. The van der Waals surface area contributed by atoms with E-state index in [9.17, 15) is 8.42 Å². The van der Waals surface area contributed by atoms with Crippen molar-refractivity contribution in [3.05, 3.63) is 77.2 Å². The predicted molar refractivity (Wildman–Crippen MR) is 93.8 cm³/mol. The fourth-order valence-electron chi connectivity index (χ4n) is 2.76. The molecule has 0 saturated heterocycles. The van der Waals surface area contributed by atoms with Crippen LogP contribution in [0.3, 0.4) is 0 Å². The Balaban J connectivity index is 1.93. The maximum absolute atomic E-state index is 13.0. The van der Waals surface area contributed by atoms with Crippen molar-refractivity contribution in [2.45, 2.75) is 31.8 Å². The van der Waals surface area contributed by atoms with Crippen LogP contribution in [0.25, 0.3) is 0 Å². The van der Waals surface area contributed by atoms with Crippen molar-refractivity contribution < 1.29 is 13.2 Å². The van der Waals surface area contributed by atoms with E-state index in [1.807, 2.05) is 50.2 Å². The minimum Gasteiger partial charge on any atom is -0.490 e. The first-order chi connectivity index (χ1) is 11.4. The second-order valence-corrected chi connectivity index (χ2v) is 8.01. The quantitative estimate of drug-likeness (QED) is 0.848. The molecule has 24 heavy (non-hydrogen) atoms. The van der Waals surface area contributed by atoms with Crippen LogP contribution in [0, 0.1) is 13.8 Å². The number of rotatable bonds is 3. The number of aryl methyl sites for hydroxylation is 2. The molecule has 2 aromatic carbocycles. The SMILES string of the molecule is CC1=COC(c2cccc(C)c2)CN1S(=O)(=O)c1ccc(C)cc1. The van der Waals surface area contributed by atoms with Crippen molar-refractivity contribution in [1.82, 2.24) is 4.31 Å². The average molecular weight is 343 g/mol. The van der Waals surface area contributed by atoms with Crippen LogP contribution in [0.4, 0.5) is 0 Å². The molecule has 0 amide bonds. The van der Waals surface area contributed by atoms with Crippen LogP contribution in [0.15, 0.2) is 65.4 Å². The van der Waals surface area contributed by atoms with Crippen LogP contribution in [0.1, 0.15) is 29.7 Å². The van der Waals surface area contributed by atoms with Crippen molar-refractivity contribution >= 4 is 10.0 Å². The van der Waals surface area contributed by atoms with Gasteiger partial charge in [-0.3, -0.25) is 4.31 Å². The van der Waals surface area contributed by atoms with E-state index in [-0.39, 0.29) is 12.6 Å². The average Bonchev–Trinajstić information content (AvgIpc) is 2.55. The first-order valence-corrected chi connectivity index (χ1v) is 9.30. The van der Waals surface area contributed by atoms with Crippen molar-refractivity contribution in [3.63, 3.8) is 0 Å². The highest BCUT2D eigenvalue weighted by Gasteiger charge is 2.31. The summed E-state index contributed by atoms with van der Waals surface area (Å²) in [5.74, 6) is 0. The highest BCUT2D eigenvalue weighted by molar-refractivity contribution is 7.89. The number of allylic oxidation sites excluding steroid dienone is 1. The normalized spacial score (nSPS) is 18.0. The summed E-state index contributed by atoms with van der Waals surface area (Å²) in [6.07, 6.45) is 1.22. The zero-order chi connectivity index (χ0) is 17.3. The molecule has 0 saturated carbocycles. The second kappa shape index (κ2) is 6.32. The molecule has 4 nitrogen and oxygen atoms in total. The first-order valence-electron chi connectivity index (χ1n) is 7.86. The summed E-state index contributed by atoms with van der Waals surface area (Å²) in [7, 11) is -3.59. The molecule has 1 heterocycles. The van der Waals surface area contributed by atoms with Gasteiger partial charge in [0.15, 0.2) is 0 Å². The Morgan fingerprint density at radius 1 is 1.00 bits per heavy atom. The lowest BCUT2D eigenvalue weighted by atomic mass is 10.1. The van der Waals surface area contributed by atoms with Gasteiger partial charge in [0.1, 0.15) is 12.4 Å². The van der Waals surface area contributed by atoms with Gasteiger partial charge in [-0.05, 0) is 38.5 Å². The van der Waals surface area contributed by atoms with Crippen molar-refractivity contribution in [2.24, 2.45) is 0 Å². The molecule has 3 rings (SSSR count). The van der Waals surface area contributed by atoms with Crippen LogP contribution in [-0.2, 0) is 14.8 Å². The number of benzene rings is 2. The minimum absolute atomic E-state index is 0.266. The van der Waals surface area contributed by atoms with Gasteiger partial charge in [0.05, 0.1) is 17.1 Å². The van der Waals surface area contributed by atoms with E-state index in [2.05, 4.69) is 0 Å². The van der Waals surface area contributed by atoms with Gasteiger partial charge in [0.2, 0.25) is 0 Å². The van der Waals surface area contributed by atoms with E-state index in [1.54, 1.807) is 19.1 Å². The van der Waals surface area contributed by atoms with E-state index in [1.165, 1.54) is 10.6 Å². The first kappa shape index (κ1) is 16.6. The van der Waals surface area contributed by atoms with Crippen molar-refractivity contribution in [1.29, 1.82) is 0 Å². The molecular weight excluding hydrogens is 322 g/mol. The van der Waals surface area contributed by atoms with Gasteiger partial charge in [-0.25, -0.2) is 8.42 Å². The number of hydrogen-bond acceptors (Lipinski definition) is 3. The summed E-state index contributed by atoms with van der Waals surface area (Å²) in [4.78, 5) is 0.297. The molecule has 1 aliphatic rings. The number of ether oxygens (including phenoxy) is 1. The van der Waals surface area contributed by atoms with Crippen molar-refractivity contribution in [2.75, 3.05) is 6.54 Å². The summed E-state index contributed by atoms with van der Waals surface area (Å²) in [6, 6.07) is 14.9. The monoisotopic (exact) mass is 343 g/mol. The van der Waals surface area contributed by atoms with Crippen LogP contribution < -0.4 is 0 Å². The molecule has 1 unspecified atom stereocenters. The smallest absolute Gasteiger partial charge is 0.264 e. The Kier molecular flexibility index (Phi) is 4.37. The zero-order valence-corrected chi connectivity index (χ0v) is 14.9. The fourth-order valence-corrected chi connectivity index (χ4v) is 4.24. The van der Waals surface area contributed by atoms with Crippen LogP contribution >= 0.6 is 0 Å². The summed E-state index contributed by atoms with van der Waals surface area (Å²) >= 11 is 0. The molecular formula is C19H21NO3S. The van der Waals surface area contributed by atoms with Gasteiger partial charge in [-0.2, -0.15) is 0 Å². The molecule has 126 valence electrons. The minimum atomic E-state index is -3.59. The summed E-state index contributed by atoms with van der Waals surface area (Å²) in [5.41, 5.74) is 3.71. The summed E-state index contributed by atoms with van der Waals surface area (Å²) in [6.45, 7) is 5.96. The molecule has 0 aliphatic carbocycles. The van der Waals surface area contributed by atoms with Crippen LogP contribution in [-0.4, -0.2) is 19.3 Å².